The van der Waals surface area contributed by atoms with Crippen molar-refractivity contribution in [3.8, 4) is 11.4 Å². The van der Waals surface area contributed by atoms with E-state index < -0.39 is 0 Å². The number of hydrogen-bond donors (Lipinski definition) is 1. The molecule has 1 fully saturated rings. The van der Waals surface area contributed by atoms with Crippen molar-refractivity contribution in [1.82, 2.24) is 25.3 Å². The fraction of sp³-hybridized carbons (Fsp3) is 0.500. The fourth-order valence-electron chi connectivity index (χ4n) is 2.48. The molecule has 8 heteroatoms. The highest BCUT2D eigenvalue weighted by atomic mass is 16.5. The minimum Gasteiger partial charge on any atom is -0.378 e. The molecule has 0 radical (unpaired) electrons. The number of aromatic nitrogens is 3. The van der Waals surface area contributed by atoms with Crippen LogP contribution in [0.15, 0.2) is 29.0 Å². The SMILES string of the molecule is CC(C)C(NC(=O)N1CCOCC1)c1nc(-c2ccncc2)no1. The summed E-state index contributed by atoms with van der Waals surface area (Å²) < 4.78 is 10.7. The van der Waals surface area contributed by atoms with Gasteiger partial charge in [0.1, 0.15) is 6.04 Å². The summed E-state index contributed by atoms with van der Waals surface area (Å²) in [4.78, 5) is 22.6. The Bertz CT molecular complexity index is 667. The summed E-state index contributed by atoms with van der Waals surface area (Å²) >= 11 is 0. The number of morpholine rings is 1. The van der Waals surface area contributed by atoms with Crippen LogP contribution < -0.4 is 5.32 Å². The highest BCUT2D eigenvalue weighted by Crippen LogP contribution is 2.23. The number of rotatable bonds is 4. The molecule has 1 aliphatic rings. The standard InChI is InChI=1S/C16H21N5O3/c1-11(2)13(18-16(22)21-7-9-23-10-8-21)15-19-14(20-24-15)12-3-5-17-6-4-12/h3-6,11,13H,7-10H2,1-2H3,(H,18,22). The molecule has 1 saturated heterocycles. The van der Waals surface area contributed by atoms with Crippen molar-refractivity contribution in [1.29, 1.82) is 0 Å². The van der Waals surface area contributed by atoms with E-state index in [1.807, 2.05) is 26.0 Å². The summed E-state index contributed by atoms with van der Waals surface area (Å²) in [6, 6.07) is 3.14. The number of urea groups is 1. The van der Waals surface area contributed by atoms with E-state index >= 15 is 0 Å². The number of pyridine rings is 1. The zero-order valence-electron chi connectivity index (χ0n) is 13.8. The Morgan fingerprint density at radius 2 is 1.96 bits per heavy atom. The number of carbonyl (C=O) groups excluding carboxylic acids is 1. The number of nitrogens with zero attached hydrogens (tertiary/aromatic N) is 4. The lowest BCUT2D eigenvalue weighted by atomic mass is 10.0. The van der Waals surface area contributed by atoms with Crippen molar-refractivity contribution in [2.24, 2.45) is 5.92 Å². The molecule has 0 saturated carbocycles. The van der Waals surface area contributed by atoms with Crippen molar-refractivity contribution in [2.45, 2.75) is 19.9 Å². The van der Waals surface area contributed by atoms with Crippen molar-refractivity contribution < 1.29 is 14.1 Å². The van der Waals surface area contributed by atoms with Gasteiger partial charge in [-0.2, -0.15) is 4.98 Å². The maximum absolute atomic E-state index is 12.4. The quantitative estimate of drug-likeness (QED) is 0.919. The minimum atomic E-state index is -0.344. The van der Waals surface area contributed by atoms with Crippen LogP contribution in [0.3, 0.4) is 0 Å². The van der Waals surface area contributed by atoms with Gasteiger partial charge >= 0.3 is 6.03 Å². The topological polar surface area (TPSA) is 93.4 Å². The highest BCUT2D eigenvalue weighted by molar-refractivity contribution is 5.74. The molecule has 0 spiro atoms. The van der Waals surface area contributed by atoms with E-state index in [1.165, 1.54) is 0 Å². The monoisotopic (exact) mass is 331 g/mol. The third kappa shape index (κ3) is 3.70. The average molecular weight is 331 g/mol. The summed E-state index contributed by atoms with van der Waals surface area (Å²) in [5.41, 5.74) is 0.821. The van der Waals surface area contributed by atoms with E-state index in [0.717, 1.165) is 5.56 Å². The smallest absolute Gasteiger partial charge is 0.318 e. The van der Waals surface area contributed by atoms with Gasteiger partial charge < -0.3 is 19.5 Å². The van der Waals surface area contributed by atoms with Crippen LogP contribution in [0.5, 0.6) is 0 Å². The van der Waals surface area contributed by atoms with Crippen molar-refractivity contribution >= 4 is 6.03 Å². The van der Waals surface area contributed by atoms with Gasteiger partial charge in [-0.1, -0.05) is 19.0 Å². The van der Waals surface area contributed by atoms with E-state index in [1.54, 1.807) is 17.3 Å². The van der Waals surface area contributed by atoms with Crippen LogP contribution in [0.1, 0.15) is 25.8 Å². The van der Waals surface area contributed by atoms with Gasteiger partial charge in [0.05, 0.1) is 13.2 Å². The molecule has 8 nitrogen and oxygen atoms in total. The molecule has 2 amide bonds. The predicted octanol–water partition coefficient (Wildman–Crippen LogP) is 1.87. The fourth-order valence-corrected chi connectivity index (χ4v) is 2.48. The molecule has 3 rings (SSSR count). The molecule has 2 aromatic heterocycles. The second-order valence-corrected chi connectivity index (χ2v) is 5.96. The number of nitrogens with one attached hydrogen (secondary N) is 1. The first kappa shape index (κ1) is 16.4. The number of carbonyl (C=O) groups is 1. The lowest BCUT2D eigenvalue weighted by Crippen LogP contribution is -2.47. The first-order valence-corrected chi connectivity index (χ1v) is 8.02. The molecule has 0 aromatic carbocycles. The Hall–Kier alpha value is -2.48. The highest BCUT2D eigenvalue weighted by Gasteiger charge is 2.27. The van der Waals surface area contributed by atoms with Crippen LogP contribution in [0, 0.1) is 5.92 Å². The van der Waals surface area contributed by atoms with E-state index in [4.69, 9.17) is 9.26 Å². The number of amides is 2. The zero-order chi connectivity index (χ0) is 16.9. The Morgan fingerprint density at radius 1 is 1.25 bits per heavy atom. The third-order valence-corrected chi connectivity index (χ3v) is 3.89. The van der Waals surface area contributed by atoms with Crippen LogP contribution in [0.25, 0.3) is 11.4 Å². The maximum Gasteiger partial charge on any atom is 0.318 e. The van der Waals surface area contributed by atoms with Crippen LogP contribution >= 0.6 is 0 Å². The van der Waals surface area contributed by atoms with E-state index in [2.05, 4.69) is 20.4 Å². The maximum atomic E-state index is 12.4. The van der Waals surface area contributed by atoms with Crippen LogP contribution in [0.4, 0.5) is 4.79 Å². The van der Waals surface area contributed by atoms with Gasteiger partial charge in [-0.3, -0.25) is 4.98 Å². The minimum absolute atomic E-state index is 0.112. The summed E-state index contributed by atoms with van der Waals surface area (Å²) in [7, 11) is 0. The Morgan fingerprint density at radius 3 is 2.62 bits per heavy atom. The summed E-state index contributed by atoms with van der Waals surface area (Å²) in [6.45, 7) is 6.30. The molecular weight excluding hydrogens is 310 g/mol. The molecule has 1 N–H and O–H groups in total. The molecule has 0 aliphatic carbocycles. The molecule has 1 atom stereocenters. The van der Waals surface area contributed by atoms with Gasteiger partial charge in [-0.25, -0.2) is 4.79 Å². The van der Waals surface area contributed by atoms with Gasteiger partial charge in [0.15, 0.2) is 0 Å². The second-order valence-electron chi connectivity index (χ2n) is 5.96. The second kappa shape index (κ2) is 7.39. The summed E-state index contributed by atoms with van der Waals surface area (Å²) in [5.74, 6) is 0.998. The van der Waals surface area contributed by atoms with E-state index in [-0.39, 0.29) is 18.0 Å². The van der Waals surface area contributed by atoms with Crippen LogP contribution in [0.2, 0.25) is 0 Å². The van der Waals surface area contributed by atoms with Crippen molar-refractivity contribution in [3.63, 3.8) is 0 Å². The molecule has 0 bridgehead atoms. The van der Waals surface area contributed by atoms with Crippen molar-refractivity contribution in [3.05, 3.63) is 30.4 Å². The third-order valence-electron chi connectivity index (χ3n) is 3.89. The largest absolute Gasteiger partial charge is 0.378 e. The van der Waals surface area contributed by atoms with Gasteiger partial charge in [-0.15, -0.1) is 0 Å². The summed E-state index contributed by atoms with van der Waals surface area (Å²) in [6.07, 6.45) is 3.34. The molecule has 3 heterocycles. The van der Waals surface area contributed by atoms with Gasteiger partial charge in [0.25, 0.3) is 0 Å². The van der Waals surface area contributed by atoms with E-state index in [9.17, 15) is 4.79 Å². The Kier molecular flexibility index (Phi) is 5.05. The molecular formula is C16H21N5O3. The van der Waals surface area contributed by atoms with Crippen LogP contribution in [-0.2, 0) is 4.74 Å². The lowest BCUT2D eigenvalue weighted by Gasteiger charge is -2.29. The lowest BCUT2D eigenvalue weighted by molar-refractivity contribution is 0.0516. The first-order valence-electron chi connectivity index (χ1n) is 8.02. The van der Waals surface area contributed by atoms with Gasteiger partial charge in [0, 0.05) is 31.0 Å². The Labute approximate surface area is 140 Å². The molecule has 1 aliphatic heterocycles. The number of hydrogen-bond acceptors (Lipinski definition) is 6. The van der Waals surface area contributed by atoms with Gasteiger partial charge in [-0.05, 0) is 18.1 Å². The Balaban J connectivity index is 1.74. The molecule has 128 valence electrons. The van der Waals surface area contributed by atoms with Crippen molar-refractivity contribution in [2.75, 3.05) is 26.3 Å². The molecule has 1 unspecified atom stereocenters. The normalized spacial score (nSPS) is 16.2. The predicted molar refractivity (Wildman–Crippen MR) is 86.0 cm³/mol. The summed E-state index contributed by atoms with van der Waals surface area (Å²) in [5, 5.41) is 7.00. The van der Waals surface area contributed by atoms with Gasteiger partial charge in [0.2, 0.25) is 11.7 Å². The average Bonchev–Trinajstić information content (AvgIpc) is 3.10. The van der Waals surface area contributed by atoms with Crippen LogP contribution in [-0.4, -0.2) is 52.4 Å². The zero-order valence-corrected chi connectivity index (χ0v) is 13.8. The van der Waals surface area contributed by atoms with E-state index in [0.29, 0.717) is 38.0 Å². The molecule has 24 heavy (non-hydrogen) atoms. The molecule has 2 aromatic rings. The first-order chi connectivity index (χ1) is 11.6. The number of ether oxygens (including phenoxy) is 1.